The molecule has 2 aromatic carbocycles. The number of rotatable bonds is 5. The molecule has 0 aromatic heterocycles. The normalized spacial score (nSPS) is 10.3. The maximum absolute atomic E-state index is 12.5. The highest BCUT2D eigenvalue weighted by Gasteiger charge is 2.14. The summed E-state index contributed by atoms with van der Waals surface area (Å²) in [6, 6.07) is 15.4. The second-order valence-corrected chi connectivity index (χ2v) is 5.31. The van der Waals surface area contributed by atoms with Gasteiger partial charge >= 0.3 is 6.03 Å². The lowest BCUT2D eigenvalue weighted by Gasteiger charge is -2.23. The van der Waals surface area contributed by atoms with Crippen molar-refractivity contribution in [2.45, 2.75) is 20.4 Å². The van der Waals surface area contributed by atoms with Crippen LogP contribution >= 0.6 is 0 Å². The van der Waals surface area contributed by atoms with Crippen LogP contribution in [0.3, 0.4) is 0 Å². The molecule has 0 radical (unpaired) electrons. The van der Waals surface area contributed by atoms with E-state index >= 15 is 0 Å². The molecule has 0 aliphatic heterocycles. The van der Waals surface area contributed by atoms with Crippen LogP contribution in [0.5, 0.6) is 0 Å². The number of urea groups is 1. The van der Waals surface area contributed by atoms with E-state index in [-0.39, 0.29) is 12.6 Å². The van der Waals surface area contributed by atoms with Gasteiger partial charge in [-0.2, -0.15) is 0 Å². The topological polar surface area (TPSA) is 52.6 Å². The molecule has 0 heterocycles. The Morgan fingerprint density at radius 1 is 1.09 bits per heavy atom. The first-order valence-electron chi connectivity index (χ1n) is 7.38. The van der Waals surface area contributed by atoms with Gasteiger partial charge in [0.1, 0.15) is 0 Å². The Labute approximate surface area is 131 Å². The van der Waals surface area contributed by atoms with Crippen molar-refractivity contribution < 1.29 is 9.90 Å². The molecule has 22 heavy (non-hydrogen) atoms. The molecule has 0 spiro atoms. The average molecular weight is 298 g/mol. The number of nitrogens with zero attached hydrogens (tertiary/aromatic N) is 1. The first kappa shape index (κ1) is 16.0. The van der Waals surface area contributed by atoms with Gasteiger partial charge in [-0.3, -0.25) is 0 Å². The summed E-state index contributed by atoms with van der Waals surface area (Å²) in [5.41, 5.74) is 4.03. The van der Waals surface area contributed by atoms with Gasteiger partial charge < -0.3 is 15.3 Å². The maximum Gasteiger partial charge on any atom is 0.322 e. The Balaban J connectivity index is 2.11. The summed E-state index contributed by atoms with van der Waals surface area (Å²) in [5, 5.41) is 12.1. The first-order chi connectivity index (χ1) is 10.6. The number of benzene rings is 2. The van der Waals surface area contributed by atoms with E-state index in [1.165, 1.54) is 0 Å². The lowest BCUT2D eigenvalue weighted by molar-refractivity contribution is 0.185. The minimum Gasteiger partial charge on any atom is -0.395 e. The van der Waals surface area contributed by atoms with Gasteiger partial charge in [0.25, 0.3) is 0 Å². The molecule has 0 fully saturated rings. The molecule has 4 heteroatoms. The molecule has 2 rings (SSSR count). The SMILES string of the molecule is Cc1cccc(NC(=O)N(CCO)Cc2ccccc2)c1C. The van der Waals surface area contributed by atoms with Gasteiger partial charge in [-0.05, 0) is 36.6 Å². The number of carbonyl (C=O) groups is 1. The fourth-order valence-corrected chi connectivity index (χ4v) is 2.26. The van der Waals surface area contributed by atoms with E-state index in [9.17, 15) is 9.90 Å². The van der Waals surface area contributed by atoms with E-state index < -0.39 is 0 Å². The second-order valence-electron chi connectivity index (χ2n) is 5.31. The molecule has 0 bridgehead atoms. The molecular weight excluding hydrogens is 276 g/mol. The van der Waals surface area contributed by atoms with Crippen LogP contribution in [0.1, 0.15) is 16.7 Å². The van der Waals surface area contributed by atoms with Gasteiger partial charge in [-0.15, -0.1) is 0 Å². The molecule has 4 nitrogen and oxygen atoms in total. The molecule has 2 amide bonds. The number of aliphatic hydroxyl groups is 1. The van der Waals surface area contributed by atoms with E-state index in [0.717, 1.165) is 22.4 Å². The van der Waals surface area contributed by atoms with Crippen LogP contribution < -0.4 is 5.32 Å². The average Bonchev–Trinajstić information content (AvgIpc) is 2.52. The summed E-state index contributed by atoms with van der Waals surface area (Å²) in [6.45, 7) is 4.70. The summed E-state index contributed by atoms with van der Waals surface area (Å²) in [7, 11) is 0. The van der Waals surface area contributed by atoms with Gasteiger partial charge in [-0.25, -0.2) is 4.79 Å². The summed E-state index contributed by atoms with van der Waals surface area (Å²) in [5.74, 6) is 0. The fraction of sp³-hybridized carbons (Fsp3) is 0.278. The highest BCUT2D eigenvalue weighted by Crippen LogP contribution is 2.18. The molecule has 0 saturated carbocycles. The maximum atomic E-state index is 12.5. The van der Waals surface area contributed by atoms with Crippen molar-refractivity contribution in [1.82, 2.24) is 4.90 Å². The van der Waals surface area contributed by atoms with E-state index in [4.69, 9.17) is 0 Å². The first-order valence-corrected chi connectivity index (χ1v) is 7.38. The number of aryl methyl sites for hydroxylation is 1. The zero-order valence-corrected chi connectivity index (χ0v) is 13.0. The van der Waals surface area contributed by atoms with Crippen molar-refractivity contribution in [1.29, 1.82) is 0 Å². The standard InChI is InChI=1S/C18H22N2O2/c1-14-7-6-10-17(15(14)2)19-18(22)20(11-12-21)13-16-8-4-3-5-9-16/h3-10,21H,11-13H2,1-2H3,(H,19,22). The highest BCUT2D eigenvalue weighted by molar-refractivity contribution is 5.90. The lowest BCUT2D eigenvalue weighted by atomic mass is 10.1. The summed E-state index contributed by atoms with van der Waals surface area (Å²) in [6.07, 6.45) is 0. The summed E-state index contributed by atoms with van der Waals surface area (Å²) < 4.78 is 0. The van der Waals surface area contributed by atoms with Crippen molar-refractivity contribution in [3.05, 3.63) is 65.2 Å². The van der Waals surface area contributed by atoms with Crippen molar-refractivity contribution in [3.8, 4) is 0 Å². The predicted octanol–water partition coefficient (Wildman–Crippen LogP) is 3.33. The van der Waals surface area contributed by atoms with Crippen LogP contribution in [0, 0.1) is 13.8 Å². The Morgan fingerprint density at radius 2 is 1.82 bits per heavy atom. The molecule has 0 unspecified atom stereocenters. The fourth-order valence-electron chi connectivity index (χ4n) is 2.26. The largest absolute Gasteiger partial charge is 0.395 e. The molecule has 0 aliphatic rings. The highest BCUT2D eigenvalue weighted by atomic mass is 16.3. The number of hydrogen-bond acceptors (Lipinski definition) is 2. The van der Waals surface area contributed by atoms with Crippen molar-refractivity contribution >= 4 is 11.7 Å². The zero-order valence-electron chi connectivity index (χ0n) is 13.0. The zero-order chi connectivity index (χ0) is 15.9. The van der Waals surface area contributed by atoms with Crippen LogP contribution in [0.25, 0.3) is 0 Å². The quantitative estimate of drug-likeness (QED) is 0.889. The molecular formula is C18H22N2O2. The van der Waals surface area contributed by atoms with Gasteiger partial charge in [0.2, 0.25) is 0 Å². The molecule has 116 valence electrons. The van der Waals surface area contributed by atoms with E-state index in [0.29, 0.717) is 13.1 Å². The number of aliphatic hydroxyl groups excluding tert-OH is 1. The molecule has 2 N–H and O–H groups in total. The van der Waals surface area contributed by atoms with Crippen LogP contribution in [0.15, 0.2) is 48.5 Å². The predicted molar refractivity (Wildman–Crippen MR) is 88.9 cm³/mol. The molecule has 0 atom stereocenters. The number of hydrogen-bond donors (Lipinski definition) is 2. The smallest absolute Gasteiger partial charge is 0.322 e. The Morgan fingerprint density at radius 3 is 2.50 bits per heavy atom. The number of amides is 2. The molecule has 2 aromatic rings. The minimum absolute atomic E-state index is 0.0624. The van der Waals surface area contributed by atoms with Crippen molar-refractivity contribution in [3.63, 3.8) is 0 Å². The lowest BCUT2D eigenvalue weighted by Crippen LogP contribution is -2.36. The van der Waals surface area contributed by atoms with Gasteiger partial charge in [0.05, 0.1) is 6.61 Å². The third-order valence-corrected chi connectivity index (χ3v) is 3.72. The van der Waals surface area contributed by atoms with Gasteiger partial charge in [0, 0.05) is 18.8 Å². The van der Waals surface area contributed by atoms with Gasteiger partial charge in [-0.1, -0.05) is 42.5 Å². The molecule has 0 aliphatic carbocycles. The second kappa shape index (κ2) is 7.61. The van der Waals surface area contributed by atoms with Crippen LogP contribution in [0.2, 0.25) is 0 Å². The number of nitrogens with one attached hydrogen (secondary N) is 1. The third kappa shape index (κ3) is 4.09. The van der Waals surface area contributed by atoms with E-state index in [1.807, 2.05) is 62.4 Å². The van der Waals surface area contributed by atoms with Crippen LogP contribution in [-0.4, -0.2) is 29.2 Å². The minimum atomic E-state index is -0.202. The summed E-state index contributed by atoms with van der Waals surface area (Å²) >= 11 is 0. The summed E-state index contributed by atoms with van der Waals surface area (Å²) in [4.78, 5) is 14.1. The van der Waals surface area contributed by atoms with Gasteiger partial charge in [0.15, 0.2) is 0 Å². The van der Waals surface area contributed by atoms with E-state index in [2.05, 4.69) is 5.32 Å². The van der Waals surface area contributed by atoms with Crippen LogP contribution in [-0.2, 0) is 6.54 Å². The Kier molecular flexibility index (Phi) is 5.55. The van der Waals surface area contributed by atoms with Crippen molar-refractivity contribution in [2.24, 2.45) is 0 Å². The number of carbonyl (C=O) groups excluding carboxylic acids is 1. The van der Waals surface area contributed by atoms with Crippen LogP contribution in [0.4, 0.5) is 10.5 Å². The third-order valence-electron chi connectivity index (χ3n) is 3.72. The Bertz CT molecular complexity index is 626. The Hall–Kier alpha value is -2.33. The van der Waals surface area contributed by atoms with Crippen molar-refractivity contribution in [2.75, 3.05) is 18.5 Å². The monoisotopic (exact) mass is 298 g/mol. The van der Waals surface area contributed by atoms with E-state index in [1.54, 1.807) is 4.90 Å². The number of anilines is 1. The molecule has 0 saturated heterocycles.